The van der Waals surface area contributed by atoms with Gasteiger partial charge in [-0.1, -0.05) is 123 Å². The van der Waals surface area contributed by atoms with Gasteiger partial charge in [0.1, 0.15) is 33.6 Å². The molecule has 2 fully saturated rings. The maximum atomic E-state index is 13.7. The highest BCUT2D eigenvalue weighted by atomic mass is 35.5. The molecule has 0 amide bonds. The molecule has 0 bridgehead atoms. The third-order valence-corrected chi connectivity index (χ3v) is 21.0. The lowest BCUT2D eigenvalue weighted by Crippen LogP contribution is -2.44. The van der Waals surface area contributed by atoms with Gasteiger partial charge in [-0.3, -0.25) is 18.6 Å². The van der Waals surface area contributed by atoms with Crippen molar-refractivity contribution in [3.05, 3.63) is 217 Å². The van der Waals surface area contributed by atoms with Gasteiger partial charge in [0.25, 0.3) is 16.7 Å². The van der Waals surface area contributed by atoms with E-state index in [0.717, 1.165) is 91.5 Å². The van der Waals surface area contributed by atoms with Crippen LogP contribution in [0, 0.1) is 20.8 Å². The van der Waals surface area contributed by atoms with E-state index in [4.69, 9.17) is 98.5 Å². The van der Waals surface area contributed by atoms with Crippen LogP contribution in [0.1, 0.15) is 17.1 Å². The fourth-order valence-corrected chi connectivity index (χ4v) is 15.1. The van der Waals surface area contributed by atoms with Crippen LogP contribution < -0.4 is 37.5 Å². The zero-order valence-electron chi connectivity index (χ0n) is 56.3. The molecular formula is C69H61Cl8N21O4S2. The summed E-state index contributed by atoms with van der Waals surface area (Å²) in [4.78, 5) is 88.7. The molecule has 3 N–H and O–H groups in total. The molecule has 11 heterocycles. The molecule has 0 spiro atoms. The van der Waals surface area contributed by atoms with E-state index in [0.29, 0.717) is 108 Å². The number of aromatic nitrogens is 15. The number of benzene rings is 5. The summed E-state index contributed by atoms with van der Waals surface area (Å²) >= 11 is 52.5. The van der Waals surface area contributed by atoms with E-state index in [-0.39, 0.29) is 27.0 Å². The van der Waals surface area contributed by atoms with E-state index in [1.54, 1.807) is 93.7 Å². The first-order valence-electron chi connectivity index (χ1n) is 31.9. The molecule has 1 unspecified atom stereocenters. The van der Waals surface area contributed by atoms with Crippen molar-refractivity contribution in [3.8, 4) is 17.1 Å². The van der Waals surface area contributed by atoms with Crippen LogP contribution in [0.25, 0.3) is 66.7 Å². The smallest absolute Gasteiger partial charge is 0.281 e. The van der Waals surface area contributed by atoms with Gasteiger partial charge in [0, 0.05) is 88.6 Å². The first-order valence-corrected chi connectivity index (χ1v) is 37.7. The number of nitrogen functional groups attached to an aromatic ring is 1. The Morgan fingerprint density at radius 2 is 0.827 bits per heavy atom. The van der Waals surface area contributed by atoms with E-state index in [2.05, 4.69) is 83.9 Å². The summed E-state index contributed by atoms with van der Waals surface area (Å²) in [6.45, 7) is 13.6. The van der Waals surface area contributed by atoms with Gasteiger partial charge < -0.3 is 30.7 Å². The molecule has 25 nitrogen and oxygen atoms in total. The largest absolute Gasteiger partial charge is 0.399 e. The number of anilines is 5. The molecule has 1 atom stereocenters. The summed E-state index contributed by atoms with van der Waals surface area (Å²) in [6.07, 6.45) is 12.7. The van der Waals surface area contributed by atoms with Gasteiger partial charge in [-0.2, -0.15) is 0 Å². The van der Waals surface area contributed by atoms with Crippen molar-refractivity contribution in [1.82, 2.24) is 82.2 Å². The topological polar surface area (TPSA) is 263 Å². The minimum atomic E-state index is -1.39. The third kappa shape index (κ3) is 14.4. The summed E-state index contributed by atoms with van der Waals surface area (Å²) in [7, 11) is 2.87. The Kier molecular flexibility index (Phi) is 21.8. The van der Waals surface area contributed by atoms with E-state index >= 15 is 0 Å². The van der Waals surface area contributed by atoms with Crippen molar-refractivity contribution in [2.24, 2.45) is 0 Å². The number of rotatable bonds is 9. The zero-order chi connectivity index (χ0) is 73.7. The number of aryl methyl sites for hydroxylation is 3. The molecule has 2 saturated heterocycles. The fourth-order valence-electron chi connectivity index (χ4n) is 12.1. The Balaban J connectivity index is 0.000000129. The quantitative estimate of drug-likeness (QED) is 0.0772. The van der Waals surface area contributed by atoms with Gasteiger partial charge in [-0.15, -0.1) is 0 Å². The number of likely N-dealkylation sites (N-methyl/N-ethyl adjacent to an activating group) is 2. The molecule has 16 rings (SSSR count). The molecule has 0 saturated carbocycles. The lowest BCUT2D eigenvalue weighted by atomic mass is 10.2. The van der Waals surface area contributed by atoms with Gasteiger partial charge >= 0.3 is 0 Å². The molecule has 534 valence electrons. The minimum Gasteiger partial charge on any atom is -0.399 e. The van der Waals surface area contributed by atoms with Crippen LogP contribution in [0.15, 0.2) is 153 Å². The summed E-state index contributed by atoms with van der Waals surface area (Å²) in [5.41, 5.74) is 14.1. The second-order valence-corrected chi connectivity index (χ2v) is 29.5. The zero-order valence-corrected chi connectivity index (χ0v) is 64.0. The molecule has 0 aliphatic carbocycles. The standard InChI is InChI=1S/C26H23Cl3N8O.C16H11Cl2N5O2S.C16H11Cl2N5OS.C11H16ClN3/c1-15-13-30-24-22-17(25(38)37(36(15)24)23-18(27)4-3-5-19(23)28)14-31-26(33-22)32-16-6-7-21(20(29)12-16)35-10-8-34(2)9-11-35;1-8-6-19-14-12-9(7-20-16(21-12)26(2)25)15(24)23(22(8)14)13-10(17)4-3-5-11(13)18;1-8-6-19-14-12-9(7-20-16(21-12)25-2)15(24)23(22(8)14)13-10(17)4-3-5-11(13)18;1-14-4-6-15(7-5-14)11-3-2-9(13)8-10(11)12/h3-7,12-14H,8-11H2,1-2H3,(H,31,32,33);3-7H,1-2H3;3-7H,1-2H3;2-3,8H,4-7,13H2,1H3. The highest BCUT2D eigenvalue weighted by Gasteiger charge is 2.26. The second-order valence-electron chi connectivity index (χ2n) is 24.2. The Bertz CT molecular complexity index is 5870. The van der Waals surface area contributed by atoms with Gasteiger partial charge in [-0.05, 0) is 114 Å². The highest BCUT2D eigenvalue weighted by Crippen LogP contribution is 2.35. The van der Waals surface area contributed by atoms with Gasteiger partial charge in [0.2, 0.25) is 11.1 Å². The van der Waals surface area contributed by atoms with Gasteiger partial charge in [0.05, 0.1) is 114 Å². The molecule has 5 aromatic carbocycles. The average Bonchev–Trinajstić information content (AvgIpc) is 1.59. The summed E-state index contributed by atoms with van der Waals surface area (Å²) < 4.78 is 20.9. The number of thioether (sulfide) groups is 1. The number of hydrogen-bond acceptors (Lipinski definition) is 20. The van der Waals surface area contributed by atoms with Crippen LogP contribution in [0.4, 0.5) is 28.7 Å². The molecule has 0 radical (unpaired) electrons. The van der Waals surface area contributed by atoms with Crippen LogP contribution in [0.5, 0.6) is 0 Å². The Hall–Kier alpha value is -8.68. The number of nitrogens with zero attached hydrogens (tertiary/aromatic N) is 19. The van der Waals surface area contributed by atoms with Crippen LogP contribution in [0.3, 0.4) is 0 Å². The van der Waals surface area contributed by atoms with Gasteiger partial charge in [0.15, 0.2) is 22.1 Å². The first-order chi connectivity index (χ1) is 49.9. The highest BCUT2D eigenvalue weighted by molar-refractivity contribution is 7.98. The van der Waals surface area contributed by atoms with Crippen molar-refractivity contribution in [2.45, 2.75) is 31.1 Å². The SMILES string of the molecule is CN1CCN(c2ccc(N)cc2Cl)CC1.CSc1ncc2c(=O)n(-c3c(Cl)cccc3Cl)n3c(C)cnc3c2n1.Cc1cnc2c3nc(Nc4ccc(N5CCN(C)CC5)c(Cl)c4)ncc3c(=O)n(-c3c(Cl)cccc3Cl)n12.Cc1cnc2c3nc(S(C)=O)ncc3c(=O)n(-c3c(Cl)cccc3Cl)n12. The Morgan fingerprint density at radius 1 is 0.452 bits per heavy atom. The van der Waals surface area contributed by atoms with Crippen LogP contribution in [-0.2, 0) is 10.8 Å². The predicted molar refractivity (Wildman–Crippen MR) is 420 cm³/mol. The molecule has 14 aromatic rings. The number of nitrogens with one attached hydrogen (secondary N) is 1. The van der Waals surface area contributed by atoms with Crippen molar-refractivity contribution in [1.29, 1.82) is 0 Å². The molecule has 104 heavy (non-hydrogen) atoms. The summed E-state index contributed by atoms with van der Waals surface area (Å²) in [6, 6.07) is 26.7. The molecule has 35 heteroatoms. The second kappa shape index (κ2) is 30.8. The molecule has 2 aliphatic rings. The fraction of sp³-hybridized carbons (Fsp3) is 0.217. The number of halogens is 8. The molecular weight excluding hydrogens is 1530 g/mol. The van der Waals surface area contributed by atoms with E-state index < -0.39 is 16.4 Å². The predicted octanol–water partition coefficient (Wildman–Crippen LogP) is 13.4. The van der Waals surface area contributed by atoms with E-state index in [1.165, 1.54) is 50.7 Å². The average molecular weight is 1600 g/mol. The number of nitrogens with two attached hydrogens (primary N) is 1. The molecule has 2 aliphatic heterocycles. The number of hydrogen-bond donors (Lipinski definition) is 2. The van der Waals surface area contributed by atoms with E-state index in [1.807, 2.05) is 56.5 Å². The minimum absolute atomic E-state index is 0.132. The monoisotopic (exact) mass is 1590 g/mol. The van der Waals surface area contributed by atoms with Crippen molar-refractivity contribution in [3.63, 3.8) is 0 Å². The van der Waals surface area contributed by atoms with Crippen molar-refractivity contribution < 1.29 is 4.21 Å². The lowest BCUT2D eigenvalue weighted by Gasteiger charge is -2.34. The molecule has 9 aromatic heterocycles. The van der Waals surface area contributed by atoms with Crippen molar-refractivity contribution >= 4 is 194 Å². The number of imidazole rings is 3. The van der Waals surface area contributed by atoms with E-state index in [9.17, 15) is 18.6 Å². The number of fused-ring (bicyclic) bond motifs is 9. The first kappa shape index (κ1) is 73.6. The summed E-state index contributed by atoms with van der Waals surface area (Å²) in [5.74, 6) is 0.316. The maximum Gasteiger partial charge on any atom is 0.281 e. The number of para-hydroxylation sites is 3. The van der Waals surface area contributed by atoms with Crippen LogP contribution in [0.2, 0.25) is 40.2 Å². The van der Waals surface area contributed by atoms with Crippen molar-refractivity contribution in [2.75, 3.05) is 99.8 Å². The number of piperazine rings is 2. The van der Waals surface area contributed by atoms with Crippen LogP contribution in [-0.4, -0.2) is 165 Å². The maximum absolute atomic E-state index is 13.7. The van der Waals surface area contributed by atoms with Gasteiger partial charge in [-0.25, -0.2) is 72.4 Å². The normalized spacial score (nSPS) is 13.9. The Labute approximate surface area is 639 Å². The van der Waals surface area contributed by atoms with Crippen LogP contribution >= 0.6 is 105 Å². The Morgan fingerprint density at radius 3 is 1.22 bits per heavy atom. The summed E-state index contributed by atoms with van der Waals surface area (Å²) in [5, 5.41) is 8.22. The lowest BCUT2D eigenvalue weighted by molar-refractivity contribution is 0.313. The third-order valence-electron chi connectivity index (χ3n) is 17.3.